The van der Waals surface area contributed by atoms with E-state index in [0.29, 0.717) is 5.78 Å². The van der Waals surface area contributed by atoms with E-state index in [1.54, 1.807) is 0 Å². The zero-order valence-electron chi connectivity index (χ0n) is 5.53. The molecule has 0 amide bonds. The molecule has 8 heavy (non-hydrogen) atoms. The van der Waals surface area contributed by atoms with Gasteiger partial charge in [0.05, 0.1) is 0 Å². The second-order valence-corrected chi connectivity index (χ2v) is 2.84. The van der Waals surface area contributed by atoms with Gasteiger partial charge in [-0.2, -0.15) is 0 Å². The molecule has 1 heteroatoms. The zero-order chi connectivity index (χ0) is 6.20. The van der Waals surface area contributed by atoms with Crippen LogP contribution in [-0.2, 0) is 4.79 Å². The molecular formula is C7H12O. The number of rotatable bonds is 1. The molecule has 0 aromatic rings. The Morgan fingerprint density at radius 2 is 2.38 bits per heavy atom. The lowest BCUT2D eigenvalue weighted by Crippen LogP contribution is -2.36. The van der Waals surface area contributed by atoms with Crippen LogP contribution in [-0.4, -0.2) is 5.78 Å². The van der Waals surface area contributed by atoms with E-state index in [0.717, 1.165) is 19.3 Å². The predicted octanol–water partition coefficient (Wildman–Crippen LogP) is 1.77. The van der Waals surface area contributed by atoms with E-state index in [1.165, 1.54) is 0 Å². The van der Waals surface area contributed by atoms with Crippen LogP contribution in [0.3, 0.4) is 0 Å². The number of hydrogen-bond acceptors (Lipinski definition) is 1. The van der Waals surface area contributed by atoms with Gasteiger partial charge in [-0.1, -0.05) is 13.8 Å². The topological polar surface area (TPSA) is 17.1 Å². The molecular weight excluding hydrogens is 100 g/mol. The Bertz CT molecular complexity index is 114. The van der Waals surface area contributed by atoms with Gasteiger partial charge in [-0.25, -0.2) is 0 Å². The second-order valence-electron chi connectivity index (χ2n) is 2.84. The van der Waals surface area contributed by atoms with E-state index in [1.807, 2.05) is 0 Å². The molecule has 1 atom stereocenters. The van der Waals surface area contributed by atoms with Gasteiger partial charge in [-0.15, -0.1) is 0 Å². The SMILES string of the molecule is CCC1(C)CCC1=O. The van der Waals surface area contributed by atoms with Crippen LogP contribution in [0.25, 0.3) is 0 Å². The predicted molar refractivity (Wildman–Crippen MR) is 32.6 cm³/mol. The van der Waals surface area contributed by atoms with Crippen molar-refractivity contribution in [2.45, 2.75) is 33.1 Å². The molecule has 1 unspecified atom stereocenters. The summed E-state index contributed by atoms with van der Waals surface area (Å²) in [7, 11) is 0. The maximum absolute atomic E-state index is 10.8. The van der Waals surface area contributed by atoms with Gasteiger partial charge in [0.15, 0.2) is 0 Å². The minimum atomic E-state index is 0.0833. The van der Waals surface area contributed by atoms with Crippen LogP contribution in [0.1, 0.15) is 33.1 Å². The lowest BCUT2D eigenvalue weighted by molar-refractivity contribution is -0.136. The first-order valence-corrected chi connectivity index (χ1v) is 3.22. The third-order valence-electron chi connectivity index (χ3n) is 2.36. The Kier molecular flexibility index (Phi) is 1.14. The second kappa shape index (κ2) is 1.57. The lowest BCUT2D eigenvalue weighted by atomic mass is 9.67. The Morgan fingerprint density at radius 3 is 2.38 bits per heavy atom. The van der Waals surface area contributed by atoms with E-state index < -0.39 is 0 Å². The molecule has 0 saturated heterocycles. The molecule has 0 N–H and O–H groups in total. The van der Waals surface area contributed by atoms with Crippen molar-refractivity contribution in [2.75, 3.05) is 0 Å². The highest BCUT2D eigenvalue weighted by Gasteiger charge is 2.39. The van der Waals surface area contributed by atoms with Crippen LogP contribution < -0.4 is 0 Å². The van der Waals surface area contributed by atoms with E-state index >= 15 is 0 Å². The minimum Gasteiger partial charge on any atom is -0.299 e. The Labute approximate surface area is 50.1 Å². The van der Waals surface area contributed by atoms with Crippen LogP contribution in [0.5, 0.6) is 0 Å². The fourth-order valence-corrected chi connectivity index (χ4v) is 1.03. The summed E-state index contributed by atoms with van der Waals surface area (Å²) in [5.74, 6) is 0.458. The zero-order valence-corrected chi connectivity index (χ0v) is 5.53. The van der Waals surface area contributed by atoms with Crippen LogP contribution >= 0.6 is 0 Å². The van der Waals surface area contributed by atoms with Crippen molar-refractivity contribution in [3.63, 3.8) is 0 Å². The van der Waals surface area contributed by atoms with Crippen molar-refractivity contribution in [2.24, 2.45) is 5.41 Å². The monoisotopic (exact) mass is 112 g/mol. The molecule has 1 saturated carbocycles. The summed E-state index contributed by atoms with van der Waals surface area (Å²) in [4.78, 5) is 10.8. The smallest absolute Gasteiger partial charge is 0.138 e. The molecule has 46 valence electrons. The van der Waals surface area contributed by atoms with Crippen molar-refractivity contribution in [3.8, 4) is 0 Å². The quantitative estimate of drug-likeness (QED) is 0.505. The van der Waals surface area contributed by atoms with Crippen LogP contribution in [0.2, 0.25) is 0 Å². The van der Waals surface area contributed by atoms with E-state index in [9.17, 15) is 4.79 Å². The summed E-state index contributed by atoms with van der Waals surface area (Å²) in [6.45, 7) is 4.13. The number of carbonyl (C=O) groups is 1. The molecule has 1 fully saturated rings. The molecule has 1 aliphatic carbocycles. The van der Waals surface area contributed by atoms with Crippen molar-refractivity contribution >= 4 is 5.78 Å². The van der Waals surface area contributed by atoms with Gasteiger partial charge >= 0.3 is 0 Å². The minimum absolute atomic E-state index is 0.0833. The standard InChI is InChI=1S/C7H12O/c1-3-7(2)5-4-6(7)8/h3-5H2,1-2H3. The highest BCUT2D eigenvalue weighted by Crippen LogP contribution is 2.39. The normalized spacial score (nSPS) is 37.0. The van der Waals surface area contributed by atoms with Gasteiger partial charge in [0.25, 0.3) is 0 Å². The molecule has 0 aromatic heterocycles. The third-order valence-corrected chi connectivity index (χ3v) is 2.36. The molecule has 1 rings (SSSR count). The number of Topliss-reactive ketones (excluding diaryl/α,β-unsaturated/α-hetero) is 1. The number of carbonyl (C=O) groups excluding carboxylic acids is 1. The first kappa shape index (κ1) is 5.80. The number of hydrogen-bond donors (Lipinski definition) is 0. The first-order chi connectivity index (χ1) is 3.69. The van der Waals surface area contributed by atoms with Gasteiger partial charge in [0.1, 0.15) is 5.78 Å². The summed E-state index contributed by atoms with van der Waals surface area (Å²) in [6, 6.07) is 0. The van der Waals surface area contributed by atoms with Crippen molar-refractivity contribution in [1.82, 2.24) is 0 Å². The number of ketones is 1. The molecule has 0 aromatic carbocycles. The summed E-state index contributed by atoms with van der Waals surface area (Å²) in [5.41, 5.74) is 0.0833. The van der Waals surface area contributed by atoms with Gasteiger partial charge in [0, 0.05) is 11.8 Å². The van der Waals surface area contributed by atoms with Crippen molar-refractivity contribution in [1.29, 1.82) is 0 Å². The average molecular weight is 112 g/mol. The fraction of sp³-hybridized carbons (Fsp3) is 0.857. The lowest BCUT2D eigenvalue weighted by Gasteiger charge is -2.35. The first-order valence-electron chi connectivity index (χ1n) is 3.22. The molecule has 0 aliphatic heterocycles. The maximum atomic E-state index is 10.8. The van der Waals surface area contributed by atoms with E-state index in [2.05, 4.69) is 13.8 Å². The summed E-state index contributed by atoms with van der Waals surface area (Å²) >= 11 is 0. The highest BCUT2D eigenvalue weighted by atomic mass is 16.1. The Hall–Kier alpha value is -0.330. The van der Waals surface area contributed by atoms with Gasteiger partial charge in [-0.05, 0) is 12.8 Å². The largest absolute Gasteiger partial charge is 0.299 e. The fourth-order valence-electron chi connectivity index (χ4n) is 1.03. The third kappa shape index (κ3) is 0.575. The summed E-state index contributed by atoms with van der Waals surface area (Å²) < 4.78 is 0. The van der Waals surface area contributed by atoms with Crippen LogP contribution in [0, 0.1) is 5.41 Å². The molecule has 0 radical (unpaired) electrons. The van der Waals surface area contributed by atoms with E-state index in [4.69, 9.17) is 0 Å². The molecule has 1 aliphatic rings. The molecule has 0 spiro atoms. The van der Waals surface area contributed by atoms with Crippen molar-refractivity contribution < 1.29 is 4.79 Å². The highest BCUT2D eigenvalue weighted by molar-refractivity contribution is 5.89. The average Bonchev–Trinajstić information content (AvgIpc) is 1.83. The van der Waals surface area contributed by atoms with Crippen LogP contribution in [0.4, 0.5) is 0 Å². The van der Waals surface area contributed by atoms with Gasteiger partial charge in [0.2, 0.25) is 0 Å². The molecule has 0 bridgehead atoms. The van der Waals surface area contributed by atoms with E-state index in [-0.39, 0.29) is 5.41 Å². The Balaban J connectivity index is 2.55. The van der Waals surface area contributed by atoms with Crippen molar-refractivity contribution in [3.05, 3.63) is 0 Å². The summed E-state index contributed by atoms with van der Waals surface area (Å²) in [5, 5.41) is 0. The van der Waals surface area contributed by atoms with Gasteiger partial charge < -0.3 is 0 Å². The maximum Gasteiger partial charge on any atom is 0.138 e. The molecule has 1 nitrogen and oxygen atoms in total. The van der Waals surface area contributed by atoms with Crippen LogP contribution in [0.15, 0.2) is 0 Å². The molecule has 0 heterocycles. The Morgan fingerprint density at radius 1 is 1.75 bits per heavy atom. The summed E-state index contributed by atoms with van der Waals surface area (Å²) in [6.07, 6.45) is 2.96. The van der Waals surface area contributed by atoms with Gasteiger partial charge in [-0.3, -0.25) is 4.79 Å².